The molecule has 4 heteroatoms. The van der Waals surface area contributed by atoms with Gasteiger partial charge in [0.2, 0.25) is 5.91 Å². The maximum atomic E-state index is 12.3. The molecule has 2 atom stereocenters. The fourth-order valence-electron chi connectivity index (χ4n) is 5.82. The van der Waals surface area contributed by atoms with E-state index in [1.165, 1.54) is 116 Å². The summed E-state index contributed by atoms with van der Waals surface area (Å²) in [7, 11) is 0. The van der Waals surface area contributed by atoms with Gasteiger partial charge in [-0.2, -0.15) is 0 Å². The summed E-state index contributed by atoms with van der Waals surface area (Å²) < 4.78 is 0. The zero-order valence-corrected chi connectivity index (χ0v) is 30.6. The average molecular weight is 644 g/mol. The molecule has 0 aliphatic rings. The topological polar surface area (TPSA) is 69.6 Å². The van der Waals surface area contributed by atoms with E-state index in [9.17, 15) is 15.0 Å². The van der Waals surface area contributed by atoms with E-state index >= 15 is 0 Å². The third-order valence-corrected chi connectivity index (χ3v) is 8.85. The van der Waals surface area contributed by atoms with Gasteiger partial charge in [0.1, 0.15) is 0 Å². The van der Waals surface area contributed by atoms with Gasteiger partial charge in [0, 0.05) is 6.42 Å². The van der Waals surface area contributed by atoms with E-state index in [0.29, 0.717) is 12.8 Å². The highest BCUT2D eigenvalue weighted by Gasteiger charge is 2.19. The van der Waals surface area contributed by atoms with Crippen molar-refractivity contribution in [2.45, 2.75) is 206 Å². The van der Waals surface area contributed by atoms with Crippen molar-refractivity contribution < 1.29 is 15.0 Å². The number of amides is 1. The quantitative estimate of drug-likeness (QED) is 0.0475. The number of unbranched alkanes of at least 4 members (excludes halogenated alkanes) is 20. The van der Waals surface area contributed by atoms with Crippen LogP contribution in [-0.2, 0) is 4.79 Å². The van der Waals surface area contributed by atoms with Gasteiger partial charge < -0.3 is 15.5 Å². The van der Waals surface area contributed by atoms with Crippen LogP contribution in [0.3, 0.4) is 0 Å². The molecule has 0 aliphatic carbocycles. The molecule has 0 fully saturated rings. The maximum absolute atomic E-state index is 12.3. The van der Waals surface area contributed by atoms with Crippen molar-refractivity contribution in [1.82, 2.24) is 5.32 Å². The molecule has 0 saturated carbocycles. The van der Waals surface area contributed by atoms with Crippen LogP contribution in [0.2, 0.25) is 0 Å². The minimum absolute atomic E-state index is 0.0383. The predicted octanol–water partition coefficient (Wildman–Crippen LogP) is 12.0. The van der Waals surface area contributed by atoms with Gasteiger partial charge in [0.05, 0.1) is 18.8 Å². The Labute approximate surface area is 286 Å². The van der Waals surface area contributed by atoms with Crippen molar-refractivity contribution in [2.75, 3.05) is 6.61 Å². The number of carbonyl (C=O) groups excluding carboxylic acids is 1. The summed E-state index contributed by atoms with van der Waals surface area (Å²) in [6, 6.07) is -0.535. The molecule has 2 unspecified atom stereocenters. The first-order valence-electron chi connectivity index (χ1n) is 19.8. The Balaban J connectivity index is 3.51. The van der Waals surface area contributed by atoms with E-state index in [-0.39, 0.29) is 12.5 Å². The summed E-state index contributed by atoms with van der Waals surface area (Å²) in [5.41, 5.74) is 0. The van der Waals surface area contributed by atoms with E-state index in [2.05, 4.69) is 67.8 Å². The van der Waals surface area contributed by atoms with Crippen LogP contribution in [0.1, 0.15) is 194 Å². The maximum Gasteiger partial charge on any atom is 0.220 e. The lowest BCUT2D eigenvalue weighted by Crippen LogP contribution is -2.45. The summed E-state index contributed by atoms with van der Waals surface area (Å²) in [6.07, 6.45) is 50.4. The third-order valence-electron chi connectivity index (χ3n) is 8.85. The first-order valence-corrected chi connectivity index (χ1v) is 19.8. The van der Waals surface area contributed by atoms with Crippen LogP contribution in [-0.4, -0.2) is 34.9 Å². The molecule has 0 bridgehead atoms. The molecule has 0 rings (SSSR count). The molecule has 3 N–H and O–H groups in total. The Bertz CT molecular complexity index is 741. The molecule has 1 amide bonds. The Morgan fingerprint density at radius 1 is 0.543 bits per heavy atom. The highest BCUT2D eigenvalue weighted by atomic mass is 16.3. The standard InChI is InChI=1S/C42H77NO3/c1-3-5-7-9-11-13-14-15-16-17-18-19-20-21-22-23-24-25-26-27-28-30-32-34-36-38-42(46)43-40(39-44)41(45)37-35-33-31-29-12-10-8-6-4-2/h5,7,11,13,15-16,18-19,40-41,44-45H,3-4,6,8-10,12,14,17,20-39H2,1-2H3,(H,43,46)/b7-5-,13-11-,16-15-,19-18-. The zero-order valence-electron chi connectivity index (χ0n) is 30.6. The Morgan fingerprint density at radius 3 is 1.43 bits per heavy atom. The highest BCUT2D eigenvalue weighted by molar-refractivity contribution is 5.76. The lowest BCUT2D eigenvalue weighted by atomic mass is 10.0. The number of hydrogen-bond acceptors (Lipinski definition) is 3. The molecule has 0 aliphatic heterocycles. The summed E-state index contributed by atoms with van der Waals surface area (Å²) >= 11 is 0. The second-order valence-electron chi connectivity index (χ2n) is 13.3. The van der Waals surface area contributed by atoms with Gasteiger partial charge in [-0.15, -0.1) is 0 Å². The molecular weight excluding hydrogens is 566 g/mol. The molecule has 0 spiro atoms. The van der Waals surface area contributed by atoms with E-state index in [0.717, 1.165) is 51.4 Å². The van der Waals surface area contributed by atoms with Crippen molar-refractivity contribution in [3.63, 3.8) is 0 Å². The van der Waals surface area contributed by atoms with Crippen LogP contribution in [0, 0.1) is 0 Å². The van der Waals surface area contributed by atoms with Crippen molar-refractivity contribution >= 4 is 5.91 Å². The van der Waals surface area contributed by atoms with Gasteiger partial charge in [0.15, 0.2) is 0 Å². The van der Waals surface area contributed by atoms with Gasteiger partial charge in [0.25, 0.3) is 0 Å². The van der Waals surface area contributed by atoms with Crippen molar-refractivity contribution in [3.05, 3.63) is 48.6 Å². The molecule has 0 heterocycles. The predicted molar refractivity (Wildman–Crippen MR) is 202 cm³/mol. The number of rotatable bonds is 35. The van der Waals surface area contributed by atoms with Gasteiger partial charge in [-0.05, 0) is 51.4 Å². The lowest BCUT2D eigenvalue weighted by Gasteiger charge is -2.22. The molecule has 46 heavy (non-hydrogen) atoms. The second-order valence-corrected chi connectivity index (χ2v) is 13.3. The highest BCUT2D eigenvalue weighted by Crippen LogP contribution is 2.15. The third kappa shape index (κ3) is 33.7. The number of nitrogens with one attached hydrogen (secondary N) is 1. The normalized spacial score (nSPS) is 13.6. The first kappa shape index (κ1) is 44.4. The molecule has 0 radical (unpaired) electrons. The fourth-order valence-corrected chi connectivity index (χ4v) is 5.82. The van der Waals surface area contributed by atoms with Crippen LogP contribution in [0.4, 0.5) is 0 Å². The molecule has 0 aromatic heterocycles. The summed E-state index contributed by atoms with van der Waals surface area (Å²) in [4.78, 5) is 12.3. The molecule has 0 aromatic rings. The number of allylic oxidation sites excluding steroid dienone is 8. The van der Waals surface area contributed by atoms with E-state index in [1.54, 1.807) is 0 Å². The van der Waals surface area contributed by atoms with Gasteiger partial charge in [-0.3, -0.25) is 4.79 Å². The Hall–Kier alpha value is -1.65. The molecule has 4 nitrogen and oxygen atoms in total. The Morgan fingerprint density at radius 2 is 0.957 bits per heavy atom. The number of aliphatic hydroxyl groups excluding tert-OH is 2. The summed E-state index contributed by atoms with van der Waals surface area (Å²) in [5, 5.41) is 23.0. The fraction of sp³-hybridized carbons (Fsp3) is 0.786. The van der Waals surface area contributed by atoms with E-state index < -0.39 is 12.1 Å². The van der Waals surface area contributed by atoms with Crippen molar-refractivity contribution in [3.8, 4) is 0 Å². The molecule has 0 aromatic carbocycles. The number of hydrogen-bond donors (Lipinski definition) is 3. The Kier molecular flexibility index (Phi) is 36.4. The van der Waals surface area contributed by atoms with Crippen molar-refractivity contribution in [2.24, 2.45) is 0 Å². The van der Waals surface area contributed by atoms with Crippen molar-refractivity contribution in [1.29, 1.82) is 0 Å². The van der Waals surface area contributed by atoms with E-state index in [1.807, 2.05) is 0 Å². The van der Waals surface area contributed by atoms with Gasteiger partial charge >= 0.3 is 0 Å². The minimum atomic E-state index is -0.658. The van der Waals surface area contributed by atoms with Crippen LogP contribution < -0.4 is 5.32 Å². The molecular formula is C42H77NO3. The SMILES string of the molecule is CC/C=C\C/C=C\C/C=C\C/C=C\CCCCCCCCCCCCCCC(=O)NC(CO)C(O)CCCCCCCCCCC. The van der Waals surface area contributed by atoms with Gasteiger partial charge in [-0.25, -0.2) is 0 Å². The first-order chi connectivity index (χ1) is 22.7. The van der Waals surface area contributed by atoms with Crippen LogP contribution in [0.5, 0.6) is 0 Å². The average Bonchev–Trinajstić information content (AvgIpc) is 3.06. The zero-order chi connectivity index (χ0) is 33.6. The lowest BCUT2D eigenvalue weighted by molar-refractivity contribution is -0.123. The smallest absolute Gasteiger partial charge is 0.220 e. The van der Waals surface area contributed by atoms with Crippen LogP contribution >= 0.6 is 0 Å². The number of carbonyl (C=O) groups is 1. The second kappa shape index (κ2) is 37.8. The number of aliphatic hydroxyl groups is 2. The monoisotopic (exact) mass is 644 g/mol. The van der Waals surface area contributed by atoms with Crippen LogP contribution in [0.25, 0.3) is 0 Å². The largest absolute Gasteiger partial charge is 0.394 e. The summed E-state index contributed by atoms with van der Waals surface area (Å²) in [6.45, 7) is 4.21. The van der Waals surface area contributed by atoms with E-state index in [4.69, 9.17) is 0 Å². The summed E-state index contributed by atoms with van der Waals surface area (Å²) in [5.74, 6) is -0.0383. The molecule has 268 valence electrons. The minimum Gasteiger partial charge on any atom is -0.394 e. The van der Waals surface area contributed by atoms with Crippen LogP contribution in [0.15, 0.2) is 48.6 Å². The molecule has 0 saturated heterocycles. The van der Waals surface area contributed by atoms with Gasteiger partial charge in [-0.1, -0.05) is 184 Å².